The lowest BCUT2D eigenvalue weighted by atomic mass is 10.1. The second-order valence-electron chi connectivity index (χ2n) is 3.53. The molecule has 5 nitrogen and oxygen atoms in total. The van der Waals surface area contributed by atoms with E-state index in [1.54, 1.807) is 22.7 Å². The highest BCUT2D eigenvalue weighted by Gasteiger charge is 2.32. The zero-order valence-electron chi connectivity index (χ0n) is 8.34. The molecule has 0 saturated carbocycles. The van der Waals surface area contributed by atoms with Crippen molar-refractivity contribution in [2.45, 2.75) is 6.42 Å². The topological polar surface area (TPSA) is 81.4 Å². The van der Waals surface area contributed by atoms with Crippen LogP contribution in [-0.2, 0) is 4.29 Å². The summed E-state index contributed by atoms with van der Waals surface area (Å²) < 4.78 is 38.5. The van der Waals surface area contributed by atoms with E-state index in [-0.39, 0.29) is 12.5 Å². The molecule has 1 aromatic heterocycles. The van der Waals surface area contributed by atoms with Gasteiger partial charge in [0.25, 0.3) is 0 Å². The van der Waals surface area contributed by atoms with Gasteiger partial charge in [-0.2, -0.15) is 14.0 Å². The zero-order valence-corrected chi connectivity index (χ0v) is 10.7. The largest absolute Gasteiger partial charge is 0.313 e. The van der Waals surface area contributed by atoms with Crippen LogP contribution in [-0.4, -0.2) is 19.7 Å². The summed E-state index contributed by atoms with van der Waals surface area (Å²) >= 11 is 3.34. The summed E-state index contributed by atoms with van der Waals surface area (Å²) in [6, 6.07) is 0. The summed E-state index contributed by atoms with van der Waals surface area (Å²) in [4.78, 5) is 0. The van der Waals surface area contributed by atoms with E-state index in [0.717, 1.165) is 19.5 Å². The van der Waals surface area contributed by atoms with Crippen LogP contribution in [0, 0.1) is 16.2 Å². The van der Waals surface area contributed by atoms with E-state index in [0.29, 0.717) is 0 Å². The molecule has 8 heteroatoms. The summed E-state index contributed by atoms with van der Waals surface area (Å²) in [7, 11) is -4.28. The highest BCUT2D eigenvalue weighted by atomic mass is 35.7. The van der Waals surface area contributed by atoms with Crippen LogP contribution in [0.3, 0.4) is 0 Å². The molecule has 1 fully saturated rings. The predicted octanol–water partition coefficient (Wildman–Crippen LogP) is -2.48. The molecule has 1 aromatic rings. The Hall–Kier alpha value is -0.0200. The van der Waals surface area contributed by atoms with Crippen molar-refractivity contribution >= 4 is 22.7 Å². The maximum absolute atomic E-state index is 10.3. The van der Waals surface area contributed by atoms with Crippen molar-refractivity contribution in [2.24, 2.45) is 5.92 Å². The normalized spacial score (nSPS) is 21.7. The van der Waals surface area contributed by atoms with E-state index in [2.05, 4.69) is 8.86 Å². The van der Waals surface area contributed by atoms with Gasteiger partial charge in [-0.05, 0) is 0 Å². The van der Waals surface area contributed by atoms with E-state index < -0.39 is 10.2 Å². The van der Waals surface area contributed by atoms with Crippen LogP contribution in [0.1, 0.15) is 6.42 Å². The highest BCUT2D eigenvalue weighted by molar-refractivity contribution is 7.24. The fraction of sp³-hybridized carbons (Fsp3) is 0.625. The van der Waals surface area contributed by atoms with Gasteiger partial charge in [0, 0.05) is 17.2 Å². The third kappa shape index (κ3) is 3.49. The van der Waals surface area contributed by atoms with Crippen LogP contribution in [0.2, 0.25) is 0 Å². The van der Waals surface area contributed by atoms with E-state index in [9.17, 15) is 14.0 Å². The molecule has 16 heavy (non-hydrogen) atoms. The second kappa shape index (κ2) is 5.09. The number of hydrogen-bond donors (Lipinski definition) is 0. The third-order valence-corrected chi connectivity index (χ3v) is 4.98. The Bertz CT molecular complexity index is 394. The Morgan fingerprint density at radius 1 is 1.38 bits per heavy atom. The fourth-order valence-corrected chi connectivity index (χ4v) is 3.84. The van der Waals surface area contributed by atoms with Crippen molar-refractivity contribution in [3.63, 3.8) is 0 Å². The second-order valence-corrected chi connectivity index (χ2v) is 6.55. The lowest BCUT2D eigenvalue weighted by Gasteiger charge is -2.13. The van der Waals surface area contributed by atoms with Crippen LogP contribution < -0.4 is 22.5 Å². The third-order valence-electron chi connectivity index (χ3n) is 2.37. The molecule has 90 valence electrons. The van der Waals surface area contributed by atoms with Gasteiger partial charge in [-0.3, -0.25) is 0 Å². The molecule has 0 amide bonds. The van der Waals surface area contributed by atoms with Crippen molar-refractivity contribution in [1.82, 2.24) is 4.58 Å². The van der Waals surface area contributed by atoms with Gasteiger partial charge >= 0.3 is 3.98 Å². The van der Waals surface area contributed by atoms with Gasteiger partial charge in [0.15, 0.2) is 6.54 Å². The molecule has 0 aliphatic carbocycles. The average Bonchev–Trinajstić information content (AvgIpc) is 2.84. The molecule has 1 aliphatic rings. The van der Waals surface area contributed by atoms with Crippen molar-refractivity contribution in [1.29, 1.82) is 0 Å². The molecule has 2 heterocycles. The van der Waals surface area contributed by atoms with Gasteiger partial charge in [0.1, 0.15) is 6.54 Å². The Kier molecular flexibility index (Phi) is 3.96. The molecule has 1 atom stereocenters. The Balaban J connectivity index is 1.92. The zero-order chi connectivity index (χ0) is 11.6. The molecule has 0 radical (unpaired) electrons. The minimum atomic E-state index is -4.28. The molecule has 1 aliphatic heterocycles. The van der Waals surface area contributed by atoms with Gasteiger partial charge in [-0.15, -0.1) is 0 Å². The number of nitrogens with zero attached hydrogens (tertiary/aromatic N) is 1. The Morgan fingerprint density at radius 3 is 2.69 bits per heavy atom. The first-order valence-corrected chi connectivity index (χ1v) is 7.69. The summed E-state index contributed by atoms with van der Waals surface area (Å²) in [5.74, 6) is 0.116. The molecule has 0 bridgehead atoms. The standard InChI is InChI=1S/C8H11ClNO4S2/c11-9(12,13)14-6-7-1-2-10(5-7)8-15-3-4-16-8/h3-4,7H,1-2,5-6H2/q+1. The van der Waals surface area contributed by atoms with Gasteiger partial charge in [0.05, 0.1) is 20.5 Å². The quantitative estimate of drug-likeness (QED) is 0.576. The molecule has 0 spiro atoms. The van der Waals surface area contributed by atoms with E-state index in [4.69, 9.17) is 0 Å². The minimum Gasteiger partial charge on any atom is -0.212 e. The van der Waals surface area contributed by atoms with E-state index in [1.807, 2.05) is 10.8 Å². The van der Waals surface area contributed by atoms with Gasteiger partial charge in [-0.1, -0.05) is 22.7 Å². The first-order chi connectivity index (χ1) is 7.54. The van der Waals surface area contributed by atoms with Crippen LogP contribution in [0.4, 0.5) is 0 Å². The van der Waals surface area contributed by atoms with Crippen molar-refractivity contribution in [2.75, 3.05) is 19.7 Å². The predicted molar refractivity (Wildman–Crippen MR) is 51.3 cm³/mol. The SMILES string of the molecule is [O-][Cl+3]([O-])([O-])OCC1CC[N+](=c2sccs2)C1. The summed E-state index contributed by atoms with van der Waals surface area (Å²) in [5.41, 5.74) is 0. The minimum absolute atomic E-state index is 0.0140. The average molecular weight is 285 g/mol. The van der Waals surface area contributed by atoms with Crippen LogP contribution >= 0.6 is 22.7 Å². The van der Waals surface area contributed by atoms with Crippen LogP contribution in [0.25, 0.3) is 0 Å². The van der Waals surface area contributed by atoms with Gasteiger partial charge in [-0.25, -0.2) is 4.58 Å². The van der Waals surface area contributed by atoms with Crippen molar-refractivity contribution in [3.8, 4) is 0 Å². The maximum Gasteiger partial charge on any atom is 0.313 e. The Labute approximate surface area is 103 Å². The summed E-state index contributed by atoms with van der Waals surface area (Å²) in [6.07, 6.45) is 0.857. The smallest absolute Gasteiger partial charge is 0.212 e. The van der Waals surface area contributed by atoms with Crippen LogP contribution in [0.15, 0.2) is 10.8 Å². The van der Waals surface area contributed by atoms with Crippen molar-refractivity contribution < 1.29 is 28.5 Å². The number of halogens is 1. The van der Waals surface area contributed by atoms with Gasteiger partial charge < -0.3 is 0 Å². The maximum atomic E-state index is 10.3. The molecule has 0 N–H and O–H groups in total. The molecular weight excluding hydrogens is 274 g/mol. The molecule has 1 saturated heterocycles. The molecule has 1 unspecified atom stereocenters. The lowest BCUT2D eigenvalue weighted by Crippen LogP contribution is -2.61. The molecular formula is C8H11ClNO4S2+. The molecule has 0 aromatic carbocycles. The molecule has 2 rings (SSSR count). The monoisotopic (exact) mass is 284 g/mol. The van der Waals surface area contributed by atoms with Crippen molar-refractivity contribution in [3.05, 3.63) is 14.7 Å². The lowest BCUT2D eigenvalue weighted by molar-refractivity contribution is -1.92. The van der Waals surface area contributed by atoms with Crippen LogP contribution in [0.5, 0.6) is 0 Å². The number of hydrogen-bond acceptors (Lipinski definition) is 6. The first kappa shape index (κ1) is 12.4. The summed E-state index contributed by atoms with van der Waals surface area (Å²) in [5, 5.41) is 4.04. The summed E-state index contributed by atoms with van der Waals surface area (Å²) in [6.45, 7) is 1.63. The fourth-order valence-electron chi connectivity index (χ4n) is 1.65. The van der Waals surface area contributed by atoms with E-state index >= 15 is 0 Å². The number of rotatable bonds is 3. The first-order valence-electron chi connectivity index (χ1n) is 4.70. The van der Waals surface area contributed by atoms with E-state index in [1.165, 1.54) is 3.98 Å². The van der Waals surface area contributed by atoms with Gasteiger partial charge in [0.2, 0.25) is 6.61 Å². The Morgan fingerprint density at radius 2 is 2.06 bits per heavy atom. The highest BCUT2D eigenvalue weighted by Crippen LogP contribution is 2.12.